The minimum absolute atomic E-state index is 0.0832. The Balaban J connectivity index is 2.63. The summed E-state index contributed by atoms with van der Waals surface area (Å²) >= 11 is 3.19. The summed E-state index contributed by atoms with van der Waals surface area (Å²) in [4.78, 5) is 11.0. The largest absolute Gasteiger partial charge is 0.478 e. The molecule has 17 heavy (non-hydrogen) atoms. The maximum Gasteiger partial charge on any atom is 0.339 e. The number of hydrogen-bond donors (Lipinski definition) is 1. The van der Waals surface area contributed by atoms with Crippen LogP contribution in [0, 0.1) is 5.82 Å². The van der Waals surface area contributed by atoms with Gasteiger partial charge in [-0.25, -0.2) is 9.18 Å². The van der Waals surface area contributed by atoms with Gasteiger partial charge in [0.2, 0.25) is 0 Å². The molecule has 0 radical (unpaired) electrons. The first-order valence-electron chi connectivity index (χ1n) is 4.71. The first kappa shape index (κ1) is 11.8. The minimum atomic E-state index is -1.07. The van der Waals surface area contributed by atoms with E-state index in [4.69, 9.17) is 5.11 Å². The molecule has 0 bridgehead atoms. The van der Waals surface area contributed by atoms with Crippen molar-refractivity contribution in [3.05, 3.63) is 40.2 Å². The van der Waals surface area contributed by atoms with Crippen LogP contribution < -0.4 is 0 Å². The van der Waals surface area contributed by atoms with Crippen molar-refractivity contribution in [2.24, 2.45) is 7.05 Å². The highest BCUT2D eigenvalue weighted by atomic mass is 79.9. The van der Waals surface area contributed by atoms with Crippen LogP contribution in [-0.4, -0.2) is 20.9 Å². The van der Waals surface area contributed by atoms with Crippen LogP contribution in [0.1, 0.15) is 10.4 Å². The van der Waals surface area contributed by atoms with Crippen LogP contribution in [-0.2, 0) is 7.05 Å². The number of halogens is 2. The van der Waals surface area contributed by atoms with Gasteiger partial charge < -0.3 is 5.11 Å². The first-order chi connectivity index (χ1) is 7.99. The predicted octanol–water partition coefficient (Wildman–Crippen LogP) is 2.69. The van der Waals surface area contributed by atoms with Crippen LogP contribution in [0.15, 0.2) is 28.9 Å². The highest BCUT2D eigenvalue weighted by molar-refractivity contribution is 9.10. The summed E-state index contributed by atoms with van der Waals surface area (Å²) in [5, 5.41) is 13.1. The van der Waals surface area contributed by atoms with Crippen LogP contribution in [0.25, 0.3) is 11.3 Å². The summed E-state index contributed by atoms with van der Waals surface area (Å²) in [6, 6.07) is 4.03. The molecule has 0 fully saturated rings. The van der Waals surface area contributed by atoms with Gasteiger partial charge in [0, 0.05) is 23.3 Å². The summed E-state index contributed by atoms with van der Waals surface area (Å²) in [6.07, 6.45) is 1.41. The summed E-state index contributed by atoms with van der Waals surface area (Å²) in [6.45, 7) is 0. The maximum absolute atomic E-state index is 13.0. The molecule has 6 heteroatoms. The van der Waals surface area contributed by atoms with Crippen molar-refractivity contribution < 1.29 is 14.3 Å². The van der Waals surface area contributed by atoms with Crippen LogP contribution >= 0.6 is 15.9 Å². The van der Waals surface area contributed by atoms with Gasteiger partial charge in [0.25, 0.3) is 0 Å². The molecule has 0 saturated heterocycles. The highest BCUT2D eigenvalue weighted by Gasteiger charge is 2.18. The molecular formula is C11H8BrFN2O2. The number of hydrogen-bond acceptors (Lipinski definition) is 2. The van der Waals surface area contributed by atoms with Crippen molar-refractivity contribution in [2.75, 3.05) is 0 Å². The lowest BCUT2D eigenvalue weighted by Gasteiger charge is -2.02. The molecule has 0 aliphatic carbocycles. The number of carboxylic acids is 1. The summed E-state index contributed by atoms with van der Waals surface area (Å²) in [5.41, 5.74) is 0.941. The van der Waals surface area contributed by atoms with Gasteiger partial charge in [-0.2, -0.15) is 5.10 Å². The van der Waals surface area contributed by atoms with E-state index >= 15 is 0 Å². The monoisotopic (exact) mass is 298 g/mol. The van der Waals surface area contributed by atoms with Crippen LogP contribution in [0.2, 0.25) is 0 Å². The van der Waals surface area contributed by atoms with E-state index in [0.29, 0.717) is 15.7 Å². The van der Waals surface area contributed by atoms with Crippen molar-refractivity contribution in [1.29, 1.82) is 0 Å². The Morgan fingerprint density at radius 3 is 2.82 bits per heavy atom. The third-order valence-electron chi connectivity index (χ3n) is 2.25. The fourth-order valence-corrected chi connectivity index (χ4v) is 2.06. The molecule has 88 valence electrons. The van der Waals surface area contributed by atoms with Gasteiger partial charge >= 0.3 is 5.97 Å². The third-order valence-corrected chi connectivity index (χ3v) is 2.90. The molecule has 0 atom stereocenters. The Hall–Kier alpha value is -1.69. The quantitative estimate of drug-likeness (QED) is 0.927. The SMILES string of the molecule is Cn1cc(C(=O)O)c(-c2ccc(F)cc2Br)n1. The van der Waals surface area contributed by atoms with Gasteiger partial charge in [-0.1, -0.05) is 0 Å². The molecule has 0 aliphatic rings. The van der Waals surface area contributed by atoms with Gasteiger partial charge in [0.15, 0.2) is 0 Å². The normalized spacial score (nSPS) is 10.5. The lowest BCUT2D eigenvalue weighted by atomic mass is 10.1. The number of carboxylic acid groups (broad SMARTS) is 1. The smallest absolute Gasteiger partial charge is 0.339 e. The zero-order valence-corrected chi connectivity index (χ0v) is 10.4. The number of benzene rings is 1. The zero-order chi connectivity index (χ0) is 12.6. The topological polar surface area (TPSA) is 55.1 Å². The van der Waals surface area contributed by atoms with E-state index in [1.165, 1.54) is 29.1 Å². The van der Waals surface area contributed by atoms with Gasteiger partial charge in [0.1, 0.15) is 17.1 Å². The minimum Gasteiger partial charge on any atom is -0.478 e. The van der Waals surface area contributed by atoms with Gasteiger partial charge in [-0.05, 0) is 34.1 Å². The van der Waals surface area contributed by atoms with Crippen molar-refractivity contribution in [1.82, 2.24) is 9.78 Å². The summed E-state index contributed by atoms with van der Waals surface area (Å²) in [5.74, 6) is -1.46. The Bertz CT molecular complexity index is 595. The van der Waals surface area contributed by atoms with E-state index in [0.717, 1.165) is 0 Å². The third kappa shape index (κ3) is 2.21. The van der Waals surface area contributed by atoms with E-state index in [-0.39, 0.29) is 5.56 Å². The van der Waals surface area contributed by atoms with E-state index in [1.54, 1.807) is 7.05 Å². The molecule has 1 aromatic heterocycles. The predicted molar refractivity (Wildman–Crippen MR) is 63.3 cm³/mol. The zero-order valence-electron chi connectivity index (χ0n) is 8.82. The molecule has 0 amide bonds. The van der Waals surface area contributed by atoms with Gasteiger partial charge in [0.05, 0.1) is 0 Å². The number of nitrogens with zero attached hydrogens (tertiary/aromatic N) is 2. The fourth-order valence-electron chi connectivity index (χ4n) is 1.53. The molecule has 0 saturated carbocycles. The van der Waals surface area contributed by atoms with Crippen molar-refractivity contribution >= 4 is 21.9 Å². The number of aromatic carboxylic acids is 1. The molecular weight excluding hydrogens is 291 g/mol. The van der Waals surface area contributed by atoms with E-state index in [1.807, 2.05) is 0 Å². The number of aryl methyl sites for hydroxylation is 1. The molecule has 1 heterocycles. The Morgan fingerprint density at radius 1 is 1.53 bits per heavy atom. The lowest BCUT2D eigenvalue weighted by Crippen LogP contribution is -1.97. The Morgan fingerprint density at radius 2 is 2.24 bits per heavy atom. The molecule has 1 N–H and O–H groups in total. The second-order valence-electron chi connectivity index (χ2n) is 3.49. The average Bonchev–Trinajstić information content (AvgIpc) is 2.60. The highest BCUT2D eigenvalue weighted by Crippen LogP contribution is 2.30. The molecule has 0 aliphatic heterocycles. The summed E-state index contributed by atoms with van der Waals surface area (Å²) < 4.78 is 14.8. The number of rotatable bonds is 2. The standard InChI is InChI=1S/C11H8BrFN2O2/c1-15-5-8(11(16)17)10(14-15)7-3-2-6(13)4-9(7)12/h2-5H,1H3,(H,16,17). The van der Waals surface area contributed by atoms with Crippen molar-refractivity contribution in [3.8, 4) is 11.3 Å². The molecule has 0 unspecified atom stereocenters. The maximum atomic E-state index is 13.0. The molecule has 0 spiro atoms. The number of carbonyl (C=O) groups is 1. The fraction of sp³-hybridized carbons (Fsp3) is 0.0909. The van der Waals surface area contributed by atoms with E-state index < -0.39 is 11.8 Å². The second kappa shape index (κ2) is 4.29. The molecule has 2 aromatic rings. The molecule has 2 rings (SSSR count). The second-order valence-corrected chi connectivity index (χ2v) is 4.35. The van der Waals surface area contributed by atoms with Crippen molar-refractivity contribution in [2.45, 2.75) is 0 Å². The van der Waals surface area contributed by atoms with Crippen LogP contribution in [0.3, 0.4) is 0 Å². The molecule has 4 nitrogen and oxygen atoms in total. The average molecular weight is 299 g/mol. The Labute approximate surface area is 105 Å². The van der Waals surface area contributed by atoms with Gasteiger partial charge in [-0.15, -0.1) is 0 Å². The molecule has 1 aromatic carbocycles. The Kier molecular flexibility index (Phi) is 2.97. The van der Waals surface area contributed by atoms with Crippen molar-refractivity contribution in [3.63, 3.8) is 0 Å². The van der Waals surface area contributed by atoms with Crippen LogP contribution in [0.5, 0.6) is 0 Å². The van der Waals surface area contributed by atoms with E-state index in [2.05, 4.69) is 21.0 Å². The van der Waals surface area contributed by atoms with Crippen LogP contribution in [0.4, 0.5) is 4.39 Å². The lowest BCUT2D eigenvalue weighted by molar-refractivity contribution is 0.0697. The first-order valence-corrected chi connectivity index (χ1v) is 5.50. The summed E-state index contributed by atoms with van der Waals surface area (Å²) in [7, 11) is 1.63. The number of aromatic nitrogens is 2. The van der Waals surface area contributed by atoms with Gasteiger partial charge in [-0.3, -0.25) is 4.68 Å². The van der Waals surface area contributed by atoms with E-state index in [9.17, 15) is 9.18 Å².